The number of likely N-dealkylation sites (N-methyl/N-ethyl adjacent to an activating group) is 1. The van der Waals surface area contributed by atoms with Gasteiger partial charge in [-0.05, 0) is 86.4 Å². The van der Waals surface area contributed by atoms with Gasteiger partial charge in [0.05, 0.1) is 18.5 Å². The van der Waals surface area contributed by atoms with Crippen LogP contribution in [-0.2, 0) is 24.2 Å². The Morgan fingerprint density at radius 2 is 2.10 bits per heavy atom. The monoisotopic (exact) mass is 552 g/mol. The Morgan fingerprint density at radius 1 is 1.20 bits per heavy atom. The molecule has 1 aromatic carbocycles. The normalized spacial score (nSPS) is 26.7. The first-order chi connectivity index (χ1) is 20.0. The van der Waals surface area contributed by atoms with E-state index in [-0.39, 0.29) is 18.4 Å². The number of amides is 1. The van der Waals surface area contributed by atoms with E-state index < -0.39 is 0 Å². The SMILES string of the molecule is C=CC(=O)N1CCN(c2nc(OC[C@@H]3CCCN3C)cc3c2CCN(c2cccc4c2C2CC2C4)C3)C[C@@H]1CC#N. The van der Waals surface area contributed by atoms with E-state index in [0.717, 1.165) is 50.1 Å². The van der Waals surface area contributed by atoms with E-state index in [1.165, 1.54) is 42.2 Å². The highest BCUT2D eigenvalue weighted by Gasteiger charge is 2.47. The van der Waals surface area contributed by atoms with Crippen LogP contribution in [0, 0.1) is 17.2 Å². The molecule has 41 heavy (non-hydrogen) atoms. The van der Waals surface area contributed by atoms with Gasteiger partial charge in [-0.25, -0.2) is 0 Å². The van der Waals surface area contributed by atoms with Crippen molar-refractivity contribution < 1.29 is 9.53 Å². The molecule has 0 bridgehead atoms. The highest BCUT2D eigenvalue weighted by molar-refractivity contribution is 5.87. The molecule has 2 saturated heterocycles. The van der Waals surface area contributed by atoms with Crippen molar-refractivity contribution in [2.45, 2.75) is 63.1 Å². The lowest BCUT2D eigenvalue weighted by Gasteiger charge is -2.42. The summed E-state index contributed by atoms with van der Waals surface area (Å²) in [7, 11) is 2.17. The van der Waals surface area contributed by atoms with Crippen LogP contribution < -0.4 is 14.5 Å². The quantitative estimate of drug-likeness (QED) is 0.483. The molecule has 8 heteroatoms. The Hall–Kier alpha value is -3.57. The van der Waals surface area contributed by atoms with E-state index >= 15 is 0 Å². The van der Waals surface area contributed by atoms with Crippen LogP contribution in [0.2, 0.25) is 0 Å². The highest BCUT2D eigenvalue weighted by Crippen LogP contribution is 2.59. The Kier molecular flexibility index (Phi) is 6.86. The second-order valence-electron chi connectivity index (χ2n) is 12.5. The van der Waals surface area contributed by atoms with Gasteiger partial charge in [-0.15, -0.1) is 0 Å². The Labute approximate surface area is 243 Å². The van der Waals surface area contributed by atoms with E-state index in [2.05, 4.69) is 58.7 Å². The van der Waals surface area contributed by atoms with Crippen molar-refractivity contribution in [3.63, 3.8) is 0 Å². The summed E-state index contributed by atoms with van der Waals surface area (Å²) < 4.78 is 6.42. The number of carbonyl (C=O) groups is 1. The Morgan fingerprint density at radius 3 is 2.90 bits per heavy atom. The smallest absolute Gasteiger partial charge is 0.246 e. The molecule has 0 radical (unpaired) electrons. The minimum Gasteiger partial charge on any atom is -0.476 e. The fourth-order valence-electron chi connectivity index (χ4n) is 7.77. The van der Waals surface area contributed by atoms with Crippen molar-refractivity contribution in [1.29, 1.82) is 5.26 Å². The Bertz CT molecular complexity index is 1400. The maximum atomic E-state index is 12.5. The predicted octanol–water partition coefficient (Wildman–Crippen LogP) is 3.89. The van der Waals surface area contributed by atoms with Crippen molar-refractivity contribution >= 4 is 17.4 Å². The molecule has 0 spiro atoms. The average molecular weight is 553 g/mol. The van der Waals surface area contributed by atoms with E-state index in [1.54, 1.807) is 16.0 Å². The van der Waals surface area contributed by atoms with Crippen LogP contribution in [0.1, 0.15) is 53.9 Å². The van der Waals surface area contributed by atoms with Gasteiger partial charge in [0.25, 0.3) is 0 Å². The van der Waals surface area contributed by atoms with Gasteiger partial charge in [0.15, 0.2) is 0 Å². The highest BCUT2D eigenvalue weighted by atomic mass is 16.5. The van der Waals surface area contributed by atoms with Crippen LogP contribution in [0.3, 0.4) is 0 Å². The number of nitriles is 1. The first-order valence-corrected chi connectivity index (χ1v) is 15.3. The summed E-state index contributed by atoms with van der Waals surface area (Å²) in [6.45, 7) is 9.03. The zero-order valence-electron chi connectivity index (χ0n) is 24.1. The van der Waals surface area contributed by atoms with Crippen molar-refractivity contribution in [3.05, 3.63) is 59.2 Å². The molecule has 1 aromatic heterocycles. The third-order valence-electron chi connectivity index (χ3n) is 10.1. The maximum Gasteiger partial charge on any atom is 0.246 e. The van der Waals surface area contributed by atoms with Crippen molar-refractivity contribution in [2.24, 2.45) is 5.92 Å². The molecule has 2 aliphatic carbocycles. The zero-order chi connectivity index (χ0) is 28.1. The van der Waals surface area contributed by atoms with Gasteiger partial charge in [0.1, 0.15) is 12.4 Å². The molecule has 4 heterocycles. The number of carbonyl (C=O) groups excluding carboxylic acids is 1. The van der Waals surface area contributed by atoms with Gasteiger partial charge in [-0.2, -0.15) is 10.2 Å². The van der Waals surface area contributed by atoms with Crippen LogP contribution in [0.15, 0.2) is 36.9 Å². The minimum atomic E-state index is -0.188. The summed E-state index contributed by atoms with van der Waals surface area (Å²) in [6.07, 6.45) is 7.50. The van der Waals surface area contributed by atoms with Crippen molar-refractivity contribution in [3.8, 4) is 11.9 Å². The number of pyridine rings is 1. The van der Waals surface area contributed by atoms with Crippen molar-refractivity contribution in [1.82, 2.24) is 14.8 Å². The van der Waals surface area contributed by atoms with E-state index in [1.807, 2.05) is 0 Å². The number of fused-ring (bicyclic) bond motifs is 4. The van der Waals surface area contributed by atoms with Gasteiger partial charge in [-0.1, -0.05) is 18.7 Å². The van der Waals surface area contributed by atoms with Gasteiger partial charge >= 0.3 is 0 Å². The lowest BCUT2D eigenvalue weighted by atomic mass is 9.96. The molecule has 1 amide bonds. The van der Waals surface area contributed by atoms with E-state index in [0.29, 0.717) is 38.2 Å². The minimum absolute atomic E-state index is 0.110. The van der Waals surface area contributed by atoms with Gasteiger partial charge in [0.2, 0.25) is 11.8 Å². The summed E-state index contributed by atoms with van der Waals surface area (Å²) in [5, 5.41) is 9.53. The molecular weight excluding hydrogens is 512 g/mol. The fourth-order valence-corrected chi connectivity index (χ4v) is 7.77. The first kappa shape index (κ1) is 26.3. The molecule has 2 aromatic rings. The molecule has 214 valence electrons. The second kappa shape index (κ2) is 10.7. The number of hydrogen-bond donors (Lipinski definition) is 0. The Balaban J connectivity index is 1.20. The van der Waals surface area contributed by atoms with Crippen molar-refractivity contribution in [2.75, 3.05) is 56.2 Å². The molecule has 0 N–H and O–H groups in total. The lowest BCUT2D eigenvalue weighted by molar-refractivity contribution is -0.128. The molecule has 8 nitrogen and oxygen atoms in total. The van der Waals surface area contributed by atoms with E-state index in [9.17, 15) is 10.1 Å². The third-order valence-corrected chi connectivity index (χ3v) is 10.1. The summed E-state index contributed by atoms with van der Waals surface area (Å²) in [5.74, 6) is 3.15. The summed E-state index contributed by atoms with van der Waals surface area (Å²) >= 11 is 0. The summed E-state index contributed by atoms with van der Waals surface area (Å²) in [4.78, 5) is 26.7. The van der Waals surface area contributed by atoms with Gasteiger partial charge in [0, 0.05) is 56.1 Å². The number of piperazine rings is 1. The fraction of sp³-hybridized carbons (Fsp3) is 0.545. The maximum absolute atomic E-state index is 12.5. The number of hydrogen-bond acceptors (Lipinski definition) is 7. The molecular formula is C33H40N6O2. The number of anilines is 2. The predicted molar refractivity (Wildman–Crippen MR) is 159 cm³/mol. The number of nitrogens with zero attached hydrogens (tertiary/aromatic N) is 6. The number of rotatable bonds is 7. The number of benzene rings is 1. The number of aromatic nitrogens is 1. The zero-order valence-corrected chi connectivity index (χ0v) is 24.1. The summed E-state index contributed by atoms with van der Waals surface area (Å²) in [5.41, 5.74) is 7.11. The first-order valence-electron chi connectivity index (χ1n) is 15.3. The molecule has 3 fully saturated rings. The van der Waals surface area contributed by atoms with Gasteiger partial charge < -0.3 is 24.3 Å². The van der Waals surface area contributed by atoms with Gasteiger partial charge in [-0.3, -0.25) is 4.79 Å². The standard InChI is InChI=1S/C33H40N6O2/c1-3-31(40)39-15-14-38(20-25(39)9-11-34)33-27-10-13-37(29-8-4-6-22-16-23-17-28(23)32(22)29)19-24(27)18-30(35-33)41-21-26-7-5-12-36(26)2/h3-4,6,8,18,23,25-26,28H,1,5,7,9-10,12-17,19-21H2,2H3/t23?,25-,26-,28?/m0/s1. The van der Waals surface area contributed by atoms with Crippen LogP contribution in [-0.4, -0.2) is 79.2 Å². The van der Waals surface area contributed by atoms with Crippen LogP contribution in [0.4, 0.5) is 11.5 Å². The molecule has 1 saturated carbocycles. The number of ether oxygens (including phenoxy) is 1. The van der Waals surface area contributed by atoms with Crippen LogP contribution in [0.25, 0.3) is 0 Å². The summed E-state index contributed by atoms with van der Waals surface area (Å²) in [6, 6.07) is 11.6. The van der Waals surface area contributed by atoms with E-state index in [4.69, 9.17) is 9.72 Å². The topological polar surface area (TPSA) is 75.9 Å². The average Bonchev–Trinajstić information content (AvgIpc) is 3.47. The molecule has 3 aliphatic heterocycles. The number of likely N-dealkylation sites (tertiary alicyclic amines) is 1. The van der Waals surface area contributed by atoms with Crippen LogP contribution in [0.5, 0.6) is 5.88 Å². The second-order valence-corrected chi connectivity index (χ2v) is 12.5. The molecule has 4 atom stereocenters. The molecule has 7 rings (SSSR count). The molecule has 5 aliphatic rings. The largest absolute Gasteiger partial charge is 0.476 e. The van der Waals surface area contributed by atoms with Crippen LogP contribution >= 0.6 is 0 Å². The third kappa shape index (κ3) is 4.84. The molecule has 2 unspecified atom stereocenters. The lowest BCUT2D eigenvalue weighted by Crippen LogP contribution is -2.55.